The summed E-state index contributed by atoms with van der Waals surface area (Å²) in [5.74, 6) is -0.295. The zero-order valence-corrected chi connectivity index (χ0v) is 11.0. The van der Waals surface area contributed by atoms with Crippen LogP contribution < -0.4 is 10.2 Å². The van der Waals surface area contributed by atoms with Crippen molar-refractivity contribution < 1.29 is 9.59 Å². The van der Waals surface area contributed by atoms with Gasteiger partial charge in [0.15, 0.2) is 0 Å². The van der Waals surface area contributed by atoms with Crippen LogP contribution in [0.25, 0.3) is 0 Å². The summed E-state index contributed by atoms with van der Waals surface area (Å²) in [5.41, 5.74) is 1.71. The number of aromatic nitrogens is 2. The maximum atomic E-state index is 12.2. The molecule has 0 radical (unpaired) electrons. The number of carbonyl (C=O) groups excluding carboxylic acids is 2. The average Bonchev–Trinajstić information content (AvgIpc) is 2.75. The minimum atomic E-state index is -0.550. The van der Waals surface area contributed by atoms with Crippen LogP contribution in [0, 0.1) is 0 Å². The number of nitrogens with one attached hydrogen (secondary N) is 1. The largest absolute Gasteiger partial charge is 0.333 e. The van der Waals surface area contributed by atoms with Crippen LogP contribution in [-0.4, -0.2) is 21.9 Å². The molecule has 1 N–H and O–H groups in total. The number of rotatable bonds is 1. The standard InChI is InChI=1S/C13H9ClN4O2/c14-9-2-1-8-3-12(19)18(11(8)4-9)13(20)17-10-5-15-7-16-6-10/h1-2,4-7H,3H2,(H,17,20). The highest BCUT2D eigenvalue weighted by Crippen LogP contribution is 2.31. The first-order valence-corrected chi connectivity index (χ1v) is 6.20. The molecule has 0 spiro atoms. The lowest BCUT2D eigenvalue weighted by Gasteiger charge is -2.16. The zero-order chi connectivity index (χ0) is 14.1. The molecule has 0 saturated carbocycles. The fraction of sp³-hybridized carbons (Fsp3) is 0.0769. The zero-order valence-electron chi connectivity index (χ0n) is 10.2. The molecule has 100 valence electrons. The lowest BCUT2D eigenvalue weighted by molar-refractivity contribution is -0.116. The molecule has 3 rings (SSSR count). The Balaban J connectivity index is 1.89. The van der Waals surface area contributed by atoms with E-state index in [9.17, 15) is 9.59 Å². The van der Waals surface area contributed by atoms with Crippen molar-refractivity contribution in [2.75, 3.05) is 10.2 Å². The van der Waals surface area contributed by atoms with Crippen LogP contribution in [0.2, 0.25) is 5.02 Å². The molecule has 1 aliphatic heterocycles. The van der Waals surface area contributed by atoms with E-state index < -0.39 is 6.03 Å². The second kappa shape index (κ2) is 4.90. The number of amides is 3. The summed E-state index contributed by atoms with van der Waals surface area (Å²) in [6.07, 6.45) is 4.44. The van der Waals surface area contributed by atoms with Crippen LogP contribution in [0.4, 0.5) is 16.2 Å². The molecule has 6 nitrogen and oxygen atoms in total. The van der Waals surface area contributed by atoms with Crippen molar-refractivity contribution in [3.05, 3.63) is 47.5 Å². The summed E-state index contributed by atoms with van der Waals surface area (Å²) < 4.78 is 0. The number of carbonyl (C=O) groups is 2. The Bertz CT molecular complexity index is 690. The Kier molecular flexibility index (Phi) is 3.08. The summed E-state index contributed by atoms with van der Waals surface area (Å²) in [6, 6.07) is 4.49. The van der Waals surface area contributed by atoms with E-state index in [4.69, 9.17) is 11.6 Å². The van der Waals surface area contributed by atoms with E-state index in [0.717, 1.165) is 10.5 Å². The topological polar surface area (TPSA) is 75.2 Å². The number of halogens is 1. The maximum absolute atomic E-state index is 12.2. The highest BCUT2D eigenvalue weighted by molar-refractivity contribution is 6.31. The number of anilines is 2. The molecule has 0 fully saturated rings. The number of urea groups is 1. The van der Waals surface area contributed by atoms with Gasteiger partial charge in [-0.3, -0.25) is 4.79 Å². The van der Waals surface area contributed by atoms with E-state index >= 15 is 0 Å². The average molecular weight is 289 g/mol. The van der Waals surface area contributed by atoms with Crippen molar-refractivity contribution in [3.63, 3.8) is 0 Å². The van der Waals surface area contributed by atoms with Crippen LogP contribution in [-0.2, 0) is 11.2 Å². The predicted molar refractivity (Wildman–Crippen MR) is 73.7 cm³/mol. The Morgan fingerprint density at radius 3 is 2.80 bits per heavy atom. The quantitative estimate of drug-likeness (QED) is 0.873. The second-order valence-electron chi connectivity index (χ2n) is 4.24. The van der Waals surface area contributed by atoms with Crippen LogP contribution in [0.3, 0.4) is 0 Å². The van der Waals surface area contributed by atoms with E-state index in [1.54, 1.807) is 18.2 Å². The molecule has 0 saturated heterocycles. The molecule has 0 bridgehead atoms. The van der Waals surface area contributed by atoms with E-state index in [2.05, 4.69) is 15.3 Å². The van der Waals surface area contributed by atoms with Gasteiger partial charge >= 0.3 is 6.03 Å². The fourth-order valence-corrected chi connectivity index (χ4v) is 2.20. The van der Waals surface area contributed by atoms with Gasteiger partial charge in [-0.2, -0.15) is 0 Å². The smallest absolute Gasteiger partial charge is 0.304 e. The van der Waals surface area contributed by atoms with Gasteiger partial charge in [0, 0.05) is 5.02 Å². The van der Waals surface area contributed by atoms with Gasteiger partial charge < -0.3 is 5.32 Å². The van der Waals surface area contributed by atoms with Gasteiger partial charge in [0.1, 0.15) is 6.33 Å². The van der Waals surface area contributed by atoms with Gasteiger partial charge in [-0.15, -0.1) is 0 Å². The van der Waals surface area contributed by atoms with Gasteiger partial charge in [-0.1, -0.05) is 17.7 Å². The van der Waals surface area contributed by atoms with Crippen molar-refractivity contribution in [2.45, 2.75) is 6.42 Å². The monoisotopic (exact) mass is 288 g/mol. The fourth-order valence-electron chi connectivity index (χ4n) is 2.04. The number of nitrogens with zero attached hydrogens (tertiary/aromatic N) is 3. The first kappa shape index (κ1) is 12.6. The molecular formula is C13H9ClN4O2. The van der Waals surface area contributed by atoms with Crippen molar-refractivity contribution in [1.82, 2.24) is 9.97 Å². The molecular weight excluding hydrogens is 280 g/mol. The first-order valence-electron chi connectivity index (χ1n) is 5.82. The molecule has 0 atom stereocenters. The van der Waals surface area contributed by atoms with Gasteiger partial charge in [-0.05, 0) is 17.7 Å². The van der Waals surface area contributed by atoms with Gasteiger partial charge in [0.2, 0.25) is 5.91 Å². The molecule has 1 aromatic carbocycles. The highest BCUT2D eigenvalue weighted by atomic mass is 35.5. The van der Waals surface area contributed by atoms with Crippen molar-refractivity contribution >= 4 is 34.9 Å². The lowest BCUT2D eigenvalue weighted by Crippen LogP contribution is -2.37. The Morgan fingerprint density at radius 1 is 1.30 bits per heavy atom. The van der Waals surface area contributed by atoms with Crippen LogP contribution in [0.5, 0.6) is 0 Å². The summed E-state index contributed by atoms with van der Waals surface area (Å²) >= 11 is 5.91. The third-order valence-electron chi connectivity index (χ3n) is 2.89. The molecule has 1 aliphatic rings. The molecule has 0 unspecified atom stereocenters. The number of imide groups is 1. The molecule has 7 heteroatoms. The summed E-state index contributed by atoms with van der Waals surface area (Å²) in [4.78, 5) is 32.8. The van der Waals surface area contributed by atoms with E-state index in [1.165, 1.54) is 18.7 Å². The normalized spacial score (nSPS) is 13.2. The first-order chi connectivity index (χ1) is 9.65. The maximum Gasteiger partial charge on any atom is 0.333 e. The number of fused-ring (bicyclic) bond motifs is 1. The van der Waals surface area contributed by atoms with E-state index in [-0.39, 0.29) is 12.3 Å². The van der Waals surface area contributed by atoms with Crippen molar-refractivity contribution in [2.24, 2.45) is 0 Å². The number of benzene rings is 1. The summed E-state index contributed by atoms with van der Waals surface area (Å²) in [5, 5.41) is 3.04. The highest BCUT2D eigenvalue weighted by Gasteiger charge is 2.32. The third-order valence-corrected chi connectivity index (χ3v) is 3.13. The number of hydrogen-bond acceptors (Lipinski definition) is 4. The molecule has 1 aromatic heterocycles. The lowest BCUT2D eigenvalue weighted by atomic mass is 10.2. The predicted octanol–water partition coefficient (Wildman–Crippen LogP) is 2.25. The minimum Gasteiger partial charge on any atom is -0.304 e. The minimum absolute atomic E-state index is 0.186. The van der Waals surface area contributed by atoms with Crippen molar-refractivity contribution in [3.8, 4) is 0 Å². The van der Waals surface area contributed by atoms with Crippen LogP contribution in [0.1, 0.15) is 5.56 Å². The Labute approximate surface area is 119 Å². The van der Waals surface area contributed by atoms with E-state index in [0.29, 0.717) is 16.4 Å². The molecule has 3 amide bonds. The SMILES string of the molecule is O=C1Cc2ccc(Cl)cc2N1C(=O)Nc1cncnc1. The summed E-state index contributed by atoms with van der Waals surface area (Å²) in [6.45, 7) is 0. The Morgan fingerprint density at radius 2 is 2.05 bits per heavy atom. The van der Waals surface area contributed by atoms with E-state index in [1.807, 2.05) is 0 Å². The van der Waals surface area contributed by atoms with Crippen LogP contribution in [0.15, 0.2) is 36.9 Å². The summed E-state index contributed by atoms with van der Waals surface area (Å²) in [7, 11) is 0. The molecule has 20 heavy (non-hydrogen) atoms. The molecule has 2 aromatic rings. The molecule has 2 heterocycles. The number of hydrogen-bond donors (Lipinski definition) is 1. The van der Waals surface area contributed by atoms with Crippen molar-refractivity contribution in [1.29, 1.82) is 0 Å². The Hall–Kier alpha value is -2.47. The second-order valence-corrected chi connectivity index (χ2v) is 4.67. The van der Waals surface area contributed by atoms with Gasteiger partial charge in [0.25, 0.3) is 0 Å². The molecule has 0 aliphatic carbocycles. The third kappa shape index (κ3) is 2.21. The van der Waals surface area contributed by atoms with Crippen LogP contribution >= 0.6 is 11.6 Å². The van der Waals surface area contributed by atoms with Gasteiger partial charge in [0.05, 0.1) is 30.2 Å². The van der Waals surface area contributed by atoms with Gasteiger partial charge in [-0.25, -0.2) is 19.7 Å².